The molecule has 0 unspecified atom stereocenters. The molecule has 0 spiro atoms. The molecule has 5 N–H and O–H groups in total. The molecule has 1 aromatic carbocycles. The van der Waals surface area contributed by atoms with Gasteiger partial charge in [0.2, 0.25) is 17.8 Å². The fourth-order valence-corrected chi connectivity index (χ4v) is 4.69. The third-order valence-electron chi connectivity index (χ3n) is 6.02. The number of halogens is 6. The number of hydrogen-bond donors (Lipinski definition) is 4. The maximum atomic E-state index is 14.6. The van der Waals surface area contributed by atoms with Crippen molar-refractivity contribution in [1.82, 2.24) is 19.5 Å². The average Bonchev–Trinajstić information content (AvgIpc) is 3.16. The number of fused-ring (bicyclic) bond motifs is 1. The van der Waals surface area contributed by atoms with Gasteiger partial charge in [0.15, 0.2) is 5.65 Å². The Hall–Kier alpha value is -2.90. The summed E-state index contributed by atoms with van der Waals surface area (Å²) < 4.78 is 55.7. The molecule has 1 aliphatic carbocycles. The first-order valence-electron chi connectivity index (χ1n) is 10.9. The van der Waals surface area contributed by atoms with Gasteiger partial charge in [0.1, 0.15) is 17.4 Å². The maximum Gasteiger partial charge on any atom is 0.410 e. The third-order valence-corrected chi connectivity index (χ3v) is 6.54. The van der Waals surface area contributed by atoms with E-state index in [1.54, 1.807) is 4.57 Å². The van der Waals surface area contributed by atoms with E-state index in [4.69, 9.17) is 34.0 Å². The third kappa shape index (κ3) is 5.42. The Morgan fingerprint density at radius 2 is 1.92 bits per heavy atom. The number of carbonyl (C=O) groups excluding carboxylic acids is 1. The molecule has 9 nitrogen and oxygen atoms in total. The number of hydrogen-bond acceptors (Lipinski definition) is 7. The van der Waals surface area contributed by atoms with Crippen molar-refractivity contribution in [2.45, 2.75) is 43.9 Å². The number of nitrogens with one attached hydrogen (secondary N) is 2. The molecule has 2 heterocycles. The Morgan fingerprint density at radius 1 is 1.22 bits per heavy atom. The molecule has 1 saturated carbocycles. The highest BCUT2D eigenvalue weighted by Crippen LogP contribution is 2.38. The molecular weight excluding hydrogens is 529 g/mol. The molecule has 1 atom stereocenters. The van der Waals surface area contributed by atoms with E-state index in [0.717, 1.165) is 6.07 Å². The summed E-state index contributed by atoms with van der Waals surface area (Å²) in [5.41, 5.74) is 5.72. The summed E-state index contributed by atoms with van der Waals surface area (Å²) in [6.07, 6.45) is -1.60. The van der Waals surface area contributed by atoms with Gasteiger partial charge in [-0.05, 0) is 37.8 Å². The lowest BCUT2D eigenvalue weighted by molar-refractivity contribution is -0.149. The minimum atomic E-state index is -4.74. The molecule has 2 aromatic heterocycles. The zero-order chi connectivity index (χ0) is 26.2. The number of aliphatic hydroxyl groups excluding tert-OH is 1. The summed E-state index contributed by atoms with van der Waals surface area (Å²) in [7, 11) is 0. The van der Waals surface area contributed by atoms with Crippen molar-refractivity contribution >= 4 is 57.9 Å². The van der Waals surface area contributed by atoms with Crippen LogP contribution in [0, 0.1) is 11.7 Å². The highest BCUT2D eigenvalue weighted by Gasteiger charge is 2.40. The minimum absolute atomic E-state index is 0.0135. The van der Waals surface area contributed by atoms with Gasteiger partial charge in [0.05, 0.1) is 23.5 Å². The Bertz CT molecular complexity index is 1260. The molecule has 1 amide bonds. The summed E-state index contributed by atoms with van der Waals surface area (Å²) in [6.45, 7) is -1.22. The van der Waals surface area contributed by atoms with E-state index in [0.29, 0.717) is 25.7 Å². The summed E-state index contributed by atoms with van der Waals surface area (Å²) >= 11 is 12.0. The van der Waals surface area contributed by atoms with E-state index in [2.05, 4.69) is 25.6 Å². The van der Waals surface area contributed by atoms with E-state index >= 15 is 0 Å². The fourth-order valence-electron chi connectivity index (χ4n) is 4.17. The first kappa shape index (κ1) is 26.2. The molecule has 0 saturated heterocycles. The van der Waals surface area contributed by atoms with Crippen LogP contribution in [0.4, 0.5) is 35.1 Å². The van der Waals surface area contributed by atoms with E-state index in [1.807, 2.05) is 0 Å². The number of amides is 1. The number of primary amides is 1. The normalized spacial score (nSPS) is 19.3. The Kier molecular flexibility index (Phi) is 7.43. The van der Waals surface area contributed by atoms with Gasteiger partial charge < -0.3 is 21.5 Å². The molecule has 1 fully saturated rings. The van der Waals surface area contributed by atoms with Crippen LogP contribution in [0.2, 0.25) is 10.0 Å². The van der Waals surface area contributed by atoms with E-state index < -0.39 is 30.5 Å². The van der Waals surface area contributed by atoms with Crippen LogP contribution >= 0.6 is 23.2 Å². The number of anilines is 3. The smallest absolute Gasteiger partial charge is 0.394 e. The van der Waals surface area contributed by atoms with Gasteiger partial charge in [-0.15, -0.1) is 0 Å². The monoisotopic (exact) mass is 549 g/mol. The second-order valence-corrected chi connectivity index (χ2v) is 9.25. The predicted octanol–water partition coefficient (Wildman–Crippen LogP) is 4.57. The van der Waals surface area contributed by atoms with Crippen molar-refractivity contribution < 1.29 is 27.5 Å². The van der Waals surface area contributed by atoms with E-state index in [9.17, 15) is 22.4 Å². The fraction of sp³-hybridized carbons (Fsp3) is 0.429. The van der Waals surface area contributed by atoms with Crippen LogP contribution in [0.1, 0.15) is 31.7 Å². The van der Waals surface area contributed by atoms with Crippen LogP contribution in [-0.4, -0.2) is 49.4 Å². The highest BCUT2D eigenvalue weighted by molar-refractivity contribution is 6.36. The lowest BCUT2D eigenvalue weighted by atomic mass is 9.85. The molecular formula is C21H21Cl2F4N7O2. The van der Waals surface area contributed by atoms with Crippen LogP contribution in [-0.2, 0) is 4.79 Å². The number of imidazole rings is 1. The molecule has 15 heteroatoms. The predicted molar refractivity (Wildman–Crippen MR) is 126 cm³/mol. The SMILES string of the molecule is NC(=O)[C@H]1CC[C@H](n2c(Nc3c(F)cc(Cl)cc3Cl)nc3cnc(N[C@H](CO)C(F)(F)F)nc32)CC1. The van der Waals surface area contributed by atoms with Crippen LogP contribution < -0.4 is 16.4 Å². The Balaban J connectivity index is 1.77. The molecule has 0 bridgehead atoms. The number of rotatable bonds is 7. The van der Waals surface area contributed by atoms with Crippen LogP contribution in [0.5, 0.6) is 0 Å². The molecule has 0 aliphatic heterocycles. The van der Waals surface area contributed by atoms with Crippen molar-refractivity contribution in [1.29, 1.82) is 0 Å². The number of aliphatic hydroxyl groups is 1. The standard InChI is InChI=1S/C21H21Cl2F4N7O2/c22-10-5-12(23)16(13(24)6-10)32-20-30-14-7-29-19(31-15(8-35)21(25,26)27)33-18(14)34(20)11-3-1-9(2-4-11)17(28)36/h5-7,9,11,15,35H,1-4,8H2,(H2,28,36)(H,30,32)(H,29,31,33)/t9-,11-,15-/m1/s1. The first-order valence-corrected chi connectivity index (χ1v) is 11.6. The molecule has 4 rings (SSSR count). The second kappa shape index (κ2) is 10.2. The van der Waals surface area contributed by atoms with E-state index in [-0.39, 0.29) is 50.8 Å². The molecule has 0 radical (unpaired) electrons. The maximum absolute atomic E-state index is 14.6. The number of carbonyl (C=O) groups is 1. The van der Waals surface area contributed by atoms with Crippen molar-refractivity contribution in [3.05, 3.63) is 34.2 Å². The van der Waals surface area contributed by atoms with Gasteiger partial charge in [-0.2, -0.15) is 18.2 Å². The Labute approximate surface area is 212 Å². The summed E-state index contributed by atoms with van der Waals surface area (Å²) in [5.74, 6) is -1.72. The molecule has 1 aliphatic rings. The lowest BCUT2D eigenvalue weighted by Gasteiger charge is -2.29. The van der Waals surface area contributed by atoms with Gasteiger partial charge in [0, 0.05) is 17.0 Å². The molecule has 36 heavy (non-hydrogen) atoms. The van der Waals surface area contributed by atoms with Crippen molar-refractivity contribution in [2.75, 3.05) is 17.2 Å². The molecule has 3 aromatic rings. The minimum Gasteiger partial charge on any atom is -0.394 e. The summed E-state index contributed by atoms with van der Waals surface area (Å²) in [5, 5.41) is 14.1. The quantitative estimate of drug-likeness (QED) is 0.317. The highest BCUT2D eigenvalue weighted by atomic mass is 35.5. The van der Waals surface area contributed by atoms with Crippen molar-refractivity contribution in [2.24, 2.45) is 11.7 Å². The van der Waals surface area contributed by atoms with E-state index in [1.165, 1.54) is 12.3 Å². The Morgan fingerprint density at radius 3 is 2.50 bits per heavy atom. The van der Waals surface area contributed by atoms with Crippen molar-refractivity contribution in [3.63, 3.8) is 0 Å². The van der Waals surface area contributed by atoms with Crippen molar-refractivity contribution in [3.8, 4) is 0 Å². The van der Waals surface area contributed by atoms with Gasteiger partial charge >= 0.3 is 6.18 Å². The number of nitrogens with two attached hydrogens (primary N) is 1. The zero-order valence-electron chi connectivity index (χ0n) is 18.5. The van der Waals surface area contributed by atoms with Crippen LogP contribution in [0.3, 0.4) is 0 Å². The average molecular weight is 550 g/mol. The number of benzene rings is 1. The summed E-state index contributed by atoms with van der Waals surface area (Å²) in [4.78, 5) is 24.1. The topological polar surface area (TPSA) is 131 Å². The molecule has 194 valence electrons. The van der Waals surface area contributed by atoms with Crippen LogP contribution in [0.15, 0.2) is 18.3 Å². The second-order valence-electron chi connectivity index (χ2n) is 8.41. The number of alkyl halides is 3. The van der Waals surface area contributed by atoms with Gasteiger partial charge in [-0.3, -0.25) is 9.36 Å². The first-order chi connectivity index (χ1) is 17.0. The lowest BCUT2D eigenvalue weighted by Crippen LogP contribution is -2.39. The summed E-state index contributed by atoms with van der Waals surface area (Å²) in [6, 6.07) is -0.166. The van der Waals surface area contributed by atoms with Gasteiger partial charge in [-0.25, -0.2) is 14.4 Å². The number of aromatic nitrogens is 4. The van der Waals surface area contributed by atoms with Crippen LogP contribution in [0.25, 0.3) is 11.2 Å². The zero-order valence-corrected chi connectivity index (χ0v) is 20.0. The largest absolute Gasteiger partial charge is 0.410 e. The number of nitrogens with zero attached hydrogens (tertiary/aromatic N) is 4. The van der Waals surface area contributed by atoms with Gasteiger partial charge in [-0.1, -0.05) is 23.2 Å². The van der Waals surface area contributed by atoms with Gasteiger partial charge in [0.25, 0.3) is 0 Å².